The summed E-state index contributed by atoms with van der Waals surface area (Å²) in [5, 5.41) is 5.96. The zero-order valence-electron chi connectivity index (χ0n) is 23.1. The molecule has 1 aromatic heterocycles. The van der Waals surface area contributed by atoms with Crippen molar-refractivity contribution in [3.05, 3.63) is 65.9 Å². The minimum Gasteiger partial charge on any atom is -0.444 e. The molecule has 0 spiro atoms. The molecule has 1 fully saturated rings. The van der Waals surface area contributed by atoms with Gasteiger partial charge in [-0.1, -0.05) is 24.3 Å². The molecule has 214 valence electrons. The number of nitrogens with zero attached hydrogens (tertiary/aromatic N) is 3. The number of nitrogens with one attached hydrogen (secondary N) is 2. The summed E-state index contributed by atoms with van der Waals surface area (Å²) in [4.78, 5) is 23.0. The van der Waals surface area contributed by atoms with Crippen LogP contribution in [0.15, 0.2) is 54.7 Å². The molecule has 0 atom stereocenters. The van der Waals surface area contributed by atoms with Crippen LogP contribution in [0.1, 0.15) is 31.9 Å². The highest BCUT2D eigenvalue weighted by Crippen LogP contribution is 2.28. The molecule has 2 heterocycles. The van der Waals surface area contributed by atoms with Crippen molar-refractivity contribution in [2.75, 3.05) is 42.8 Å². The van der Waals surface area contributed by atoms with E-state index >= 15 is 0 Å². The molecule has 0 bridgehead atoms. The normalized spacial score (nSPS) is 14.1. The molecule has 2 N–H and O–H groups in total. The summed E-state index contributed by atoms with van der Waals surface area (Å²) >= 11 is 0. The number of ether oxygens (including phenoxy) is 2. The van der Waals surface area contributed by atoms with E-state index in [1.807, 2.05) is 69.3 Å². The molecule has 1 aliphatic rings. The Hall–Kier alpha value is -3.74. The van der Waals surface area contributed by atoms with E-state index in [0.29, 0.717) is 44.5 Å². The van der Waals surface area contributed by atoms with Crippen LogP contribution < -0.4 is 15.5 Å². The van der Waals surface area contributed by atoms with Crippen molar-refractivity contribution in [1.82, 2.24) is 15.3 Å². The van der Waals surface area contributed by atoms with Crippen LogP contribution in [0.4, 0.5) is 22.1 Å². The molecule has 4 rings (SSSR count). The Balaban J connectivity index is 1.46. The summed E-state index contributed by atoms with van der Waals surface area (Å²) in [5.41, 5.74) is 4.29. The molecule has 1 aliphatic heterocycles. The summed E-state index contributed by atoms with van der Waals surface area (Å²) in [6.45, 7) is 8.34. The third-order valence-corrected chi connectivity index (χ3v) is 6.40. The van der Waals surface area contributed by atoms with Crippen LogP contribution >= 0.6 is 0 Å². The van der Waals surface area contributed by atoms with E-state index in [2.05, 4.69) is 25.5 Å². The molecule has 2 aromatic carbocycles. The highest BCUT2D eigenvalue weighted by molar-refractivity contribution is 7.85. The molecular formula is C28H35N5O6S. The molecule has 1 saturated heterocycles. The van der Waals surface area contributed by atoms with Gasteiger partial charge in [-0.15, -0.1) is 0 Å². The number of anilines is 3. The average Bonchev–Trinajstić information content (AvgIpc) is 2.90. The Morgan fingerprint density at radius 2 is 1.80 bits per heavy atom. The molecule has 1 amide bonds. The predicted molar refractivity (Wildman–Crippen MR) is 153 cm³/mol. The number of carbonyl (C=O) groups excluding carboxylic acids is 1. The van der Waals surface area contributed by atoms with Crippen LogP contribution in [0, 0.1) is 0 Å². The quantitative estimate of drug-likeness (QED) is 0.361. The highest BCUT2D eigenvalue weighted by atomic mass is 32.2. The van der Waals surface area contributed by atoms with E-state index < -0.39 is 21.8 Å². The van der Waals surface area contributed by atoms with E-state index in [-0.39, 0.29) is 6.61 Å². The van der Waals surface area contributed by atoms with Gasteiger partial charge in [-0.3, -0.25) is 4.18 Å². The number of alkyl carbamates (subject to hydrolysis) is 1. The lowest BCUT2D eigenvalue weighted by Crippen LogP contribution is -2.36. The molecule has 0 aliphatic carbocycles. The van der Waals surface area contributed by atoms with Gasteiger partial charge in [0.25, 0.3) is 10.1 Å². The van der Waals surface area contributed by atoms with Crippen LogP contribution in [0.25, 0.3) is 11.3 Å². The first-order chi connectivity index (χ1) is 18.9. The minimum atomic E-state index is -3.61. The second-order valence-corrected chi connectivity index (χ2v) is 12.0. The fraction of sp³-hybridized carbons (Fsp3) is 0.393. The van der Waals surface area contributed by atoms with E-state index in [0.717, 1.165) is 34.3 Å². The maximum absolute atomic E-state index is 11.9. The molecule has 40 heavy (non-hydrogen) atoms. The molecule has 12 heteroatoms. The van der Waals surface area contributed by atoms with Crippen LogP contribution in [-0.4, -0.2) is 62.6 Å². The average molecular weight is 570 g/mol. The maximum atomic E-state index is 11.9. The molecule has 3 aromatic rings. The van der Waals surface area contributed by atoms with Gasteiger partial charge in [0.2, 0.25) is 5.95 Å². The number of hydrogen-bond acceptors (Lipinski definition) is 10. The zero-order chi connectivity index (χ0) is 28.8. The lowest BCUT2D eigenvalue weighted by Gasteiger charge is -2.30. The first-order valence-corrected chi connectivity index (χ1v) is 14.7. The molecule has 11 nitrogen and oxygen atoms in total. The van der Waals surface area contributed by atoms with Gasteiger partial charge >= 0.3 is 6.09 Å². The van der Waals surface area contributed by atoms with Gasteiger partial charge in [-0.2, -0.15) is 8.42 Å². The summed E-state index contributed by atoms with van der Waals surface area (Å²) < 4.78 is 39.2. The van der Waals surface area contributed by atoms with Crippen molar-refractivity contribution >= 4 is 33.5 Å². The smallest absolute Gasteiger partial charge is 0.407 e. The van der Waals surface area contributed by atoms with Crippen LogP contribution in [0.5, 0.6) is 0 Å². The maximum Gasteiger partial charge on any atom is 0.407 e. The Bertz CT molecular complexity index is 1420. The molecular weight excluding hydrogens is 534 g/mol. The zero-order valence-corrected chi connectivity index (χ0v) is 24.0. The molecule has 0 radical (unpaired) electrons. The monoisotopic (exact) mass is 569 g/mol. The lowest BCUT2D eigenvalue weighted by molar-refractivity contribution is 0.0523. The Labute approximate surface area is 235 Å². The second-order valence-electron chi connectivity index (χ2n) is 10.4. The number of aromatic nitrogens is 2. The minimum absolute atomic E-state index is 0.0862. The van der Waals surface area contributed by atoms with Crippen molar-refractivity contribution in [1.29, 1.82) is 0 Å². The first-order valence-electron chi connectivity index (χ1n) is 12.9. The Kier molecular flexibility index (Phi) is 9.23. The fourth-order valence-electron chi connectivity index (χ4n) is 4.05. The largest absolute Gasteiger partial charge is 0.444 e. The van der Waals surface area contributed by atoms with E-state index in [1.165, 1.54) is 0 Å². The molecule has 0 saturated carbocycles. The third-order valence-electron chi connectivity index (χ3n) is 5.86. The van der Waals surface area contributed by atoms with Gasteiger partial charge < -0.3 is 25.0 Å². The lowest BCUT2D eigenvalue weighted by atomic mass is 10.1. The SMILES string of the molecule is CC(C)(C)OC(=O)NCc1ccc(-c2ccnc(Nc3ccc(N4CCOCC4)c(COS(C)(=O)=O)c3)n2)cc1. The third kappa shape index (κ3) is 8.90. The summed E-state index contributed by atoms with van der Waals surface area (Å²) in [6.07, 6.45) is 2.23. The van der Waals surface area contributed by atoms with Crippen molar-refractivity contribution in [3.8, 4) is 11.3 Å². The standard InChI is InChI=1S/C28H35N5O6S/c1-28(2,3)39-27(34)30-18-20-5-7-21(8-6-20)24-11-12-29-26(32-24)31-23-9-10-25(33-13-15-37-16-14-33)22(17-23)19-38-40(4,35)36/h5-12,17H,13-16,18-19H2,1-4H3,(H,30,34)(H,29,31,32). The van der Waals surface area contributed by atoms with Gasteiger partial charge in [0.1, 0.15) is 5.60 Å². The first kappa shape index (κ1) is 29.2. The Morgan fingerprint density at radius 1 is 1.07 bits per heavy atom. The number of rotatable bonds is 9. The van der Waals surface area contributed by atoms with Gasteiger partial charge in [-0.25, -0.2) is 14.8 Å². The summed E-state index contributed by atoms with van der Waals surface area (Å²) in [6, 6.07) is 15.2. The van der Waals surface area contributed by atoms with Crippen molar-refractivity contribution in [2.45, 2.75) is 39.5 Å². The predicted octanol–water partition coefficient (Wildman–Crippen LogP) is 4.22. The number of morpholine rings is 1. The fourth-order valence-corrected chi connectivity index (χ4v) is 4.39. The van der Waals surface area contributed by atoms with Crippen molar-refractivity contribution < 1.29 is 26.9 Å². The van der Waals surface area contributed by atoms with Crippen molar-refractivity contribution in [2.24, 2.45) is 0 Å². The summed E-state index contributed by atoms with van der Waals surface area (Å²) in [5.74, 6) is 0.391. The highest BCUT2D eigenvalue weighted by Gasteiger charge is 2.18. The second kappa shape index (κ2) is 12.6. The van der Waals surface area contributed by atoms with Gasteiger partial charge in [0.15, 0.2) is 0 Å². The van der Waals surface area contributed by atoms with Gasteiger partial charge in [0, 0.05) is 48.3 Å². The topological polar surface area (TPSA) is 132 Å². The van der Waals surface area contributed by atoms with Gasteiger partial charge in [0.05, 0.1) is 31.8 Å². The number of hydrogen-bond donors (Lipinski definition) is 2. The number of amides is 1. The van der Waals surface area contributed by atoms with E-state index in [1.54, 1.807) is 6.20 Å². The van der Waals surface area contributed by atoms with E-state index in [9.17, 15) is 13.2 Å². The van der Waals surface area contributed by atoms with Gasteiger partial charge in [-0.05, 0) is 50.6 Å². The van der Waals surface area contributed by atoms with E-state index in [4.69, 9.17) is 13.7 Å². The Morgan fingerprint density at radius 3 is 2.48 bits per heavy atom. The number of carbonyl (C=O) groups is 1. The van der Waals surface area contributed by atoms with Crippen LogP contribution in [0.2, 0.25) is 0 Å². The molecule has 0 unspecified atom stereocenters. The number of benzene rings is 2. The van der Waals surface area contributed by atoms with Crippen molar-refractivity contribution in [3.63, 3.8) is 0 Å². The summed E-state index contributed by atoms with van der Waals surface area (Å²) in [7, 11) is -3.61. The van der Waals surface area contributed by atoms with Crippen LogP contribution in [0.3, 0.4) is 0 Å². The van der Waals surface area contributed by atoms with Crippen LogP contribution in [-0.2, 0) is 36.9 Å².